The Hall–Kier alpha value is -2.34. The molecule has 0 atom stereocenters. The molecule has 0 saturated carbocycles. The van der Waals surface area contributed by atoms with Gasteiger partial charge in [0, 0.05) is 5.56 Å². The number of benzene rings is 2. The average Bonchev–Trinajstić information content (AvgIpc) is 2.46. The molecule has 0 unspecified atom stereocenters. The molecule has 0 aliphatic heterocycles. The molecule has 6 heteroatoms. The number of sulfonamides is 1. The van der Waals surface area contributed by atoms with E-state index in [-0.39, 0.29) is 10.6 Å². The van der Waals surface area contributed by atoms with Gasteiger partial charge >= 0.3 is 0 Å². The summed E-state index contributed by atoms with van der Waals surface area (Å²) in [4.78, 5) is 2.31. The molecule has 2 aromatic rings. The van der Waals surface area contributed by atoms with E-state index in [1.807, 2.05) is 6.92 Å². The third kappa shape index (κ3) is 3.61. The summed E-state index contributed by atoms with van der Waals surface area (Å²) in [6.07, 6.45) is 0. The highest BCUT2D eigenvalue weighted by Gasteiger charge is 2.13. The van der Waals surface area contributed by atoms with Gasteiger partial charge in [0.15, 0.2) is 0 Å². The Morgan fingerprint density at radius 2 is 1.71 bits per heavy atom. The summed E-state index contributed by atoms with van der Waals surface area (Å²) < 4.78 is 24.2. The van der Waals surface area contributed by atoms with E-state index in [0.717, 1.165) is 5.56 Å². The lowest BCUT2D eigenvalue weighted by Gasteiger charge is -2.06. The zero-order valence-electron chi connectivity index (χ0n) is 11.7. The molecule has 0 amide bonds. The van der Waals surface area contributed by atoms with Crippen LogP contribution < -0.4 is 4.83 Å². The topological polar surface area (TPSA) is 78.8 Å². The normalized spacial score (nSPS) is 12.2. The maximum absolute atomic E-state index is 12.1. The Kier molecular flexibility index (Phi) is 4.28. The lowest BCUT2D eigenvalue weighted by Crippen LogP contribution is -2.20. The van der Waals surface area contributed by atoms with Crippen molar-refractivity contribution in [1.82, 2.24) is 4.83 Å². The molecule has 21 heavy (non-hydrogen) atoms. The zero-order chi connectivity index (χ0) is 15.5. The van der Waals surface area contributed by atoms with Crippen LogP contribution in [-0.4, -0.2) is 19.2 Å². The number of nitrogens with zero attached hydrogens (tertiary/aromatic N) is 1. The number of para-hydroxylation sites is 1. The van der Waals surface area contributed by atoms with Gasteiger partial charge in [-0.15, -0.1) is 0 Å². The number of aryl methyl sites for hydroxylation is 1. The number of hydrogen-bond acceptors (Lipinski definition) is 4. The van der Waals surface area contributed by atoms with Crippen molar-refractivity contribution in [1.29, 1.82) is 0 Å². The molecule has 5 nitrogen and oxygen atoms in total. The summed E-state index contributed by atoms with van der Waals surface area (Å²) in [5.41, 5.74) is 1.83. The highest BCUT2D eigenvalue weighted by atomic mass is 32.2. The smallest absolute Gasteiger partial charge is 0.276 e. The summed E-state index contributed by atoms with van der Waals surface area (Å²) >= 11 is 0. The molecule has 0 fully saturated rings. The molecule has 0 spiro atoms. The molecule has 110 valence electrons. The van der Waals surface area contributed by atoms with Crippen molar-refractivity contribution in [3.63, 3.8) is 0 Å². The molecule has 0 heterocycles. The van der Waals surface area contributed by atoms with Gasteiger partial charge in [-0.3, -0.25) is 0 Å². The molecule has 2 rings (SSSR count). The van der Waals surface area contributed by atoms with Crippen LogP contribution in [-0.2, 0) is 10.0 Å². The summed E-state index contributed by atoms with van der Waals surface area (Å²) in [5.74, 6) is 0.0493. The van der Waals surface area contributed by atoms with E-state index in [1.54, 1.807) is 37.3 Å². The zero-order valence-corrected chi connectivity index (χ0v) is 12.6. The second-order valence-electron chi connectivity index (χ2n) is 4.62. The van der Waals surface area contributed by atoms with E-state index in [9.17, 15) is 13.5 Å². The van der Waals surface area contributed by atoms with E-state index in [4.69, 9.17) is 0 Å². The fraction of sp³-hybridized carbons (Fsp3) is 0.133. The first-order valence-corrected chi connectivity index (χ1v) is 7.79. The van der Waals surface area contributed by atoms with Gasteiger partial charge in [0.2, 0.25) is 0 Å². The largest absolute Gasteiger partial charge is 0.507 e. The molecule has 0 bridgehead atoms. The molecular formula is C15H16N2O3S. The predicted molar refractivity (Wildman–Crippen MR) is 81.8 cm³/mol. The van der Waals surface area contributed by atoms with E-state index < -0.39 is 10.0 Å². The first-order chi connectivity index (χ1) is 9.90. The van der Waals surface area contributed by atoms with Crippen LogP contribution in [0, 0.1) is 6.92 Å². The second-order valence-corrected chi connectivity index (χ2v) is 6.28. The molecule has 2 N–H and O–H groups in total. The number of nitrogens with one attached hydrogen (secondary N) is 1. The van der Waals surface area contributed by atoms with Crippen molar-refractivity contribution < 1.29 is 13.5 Å². The van der Waals surface area contributed by atoms with Gasteiger partial charge in [0.25, 0.3) is 10.0 Å². The van der Waals surface area contributed by atoms with E-state index in [0.29, 0.717) is 11.3 Å². The third-order valence-corrected chi connectivity index (χ3v) is 4.18. The number of phenols is 1. The molecule has 0 aliphatic carbocycles. The van der Waals surface area contributed by atoms with Gasteiger partial charge in [-0.2, -0.15) is 18.4 Å². The van der Waals surface area contributed by atoms with Crippen LogP contribution in [0.1, 0.15) is 18.1 Å². The number of phenolic OH excluding ortho intramolecular Hbond substituents is 1. The lowest BCUT2D eigenvalue weighted by atomic mass is 10.1. The first-order valence-electron chi connectivity index (χ1n) is 6.31. The number of aromatic hydroxyl groups is 1. The van der Waals surface area contributed by atoms with Crippen LogP contribution in [0.5, 0.6) is 5.75 Å². The molecule has 0 radical (unpaired) electrons. The Morgan fingerprint density at radius 1 is 1.10 bits per heavy atom. The number of hydrogen-bond donors (Lipinski definition) is 2. The fourth-order valence-corrected chi connectivity index (χ4v) is 2.60. The van der Waals surface area contributed by atoms with Crippen LogP contribution in [0.2, 0.25) is 0 Å². The SMILES string of the molecule is C/C(=N/NS(=O)(=O)c1ccc(C)cc1)c1ccccc1O. The minimum absolute atomic E-state index is 0.0493. The van der Waals surface area contributed by atoms with Crippen molar-refractivity contribution in [2.24, 2.45) is 5.10 Å². The monoisotopic (exact) mass is 304 g/mol. The first kappa shape index (κ1) is 15.1. The number of hydrazone groups is 1. The Labute approximate surface area is 124 Å². The van der Waals surface area contributed by atoms with Crippen molar-refractivity contribution in [3.8, 4) is 5.75 Å². The standard InChI is InChI=1S/C15H16N2O3S/c1-11-7-9-13(10-8-11)21(19,20)17-16-12(2)14-5-3-4-6-15(14)18/h3-10,17-18H,1-2H3/b16-12-. The van der Waals surface area contributed by atoms with Gasteiger partial charge in [0.1, 0.15) is 5.75 Å². The molecule has 0 saturated heterocycles. The molecule has 2 aromatic carbocycles. The summed E-state index contributed by atoms with van der Waals surface area (Å²) in [5, 5.41) is 13.5. The fourth-order valence-electron chi connectivity index (χ4n) is 1.74. The van der Waals surface area contributed by atoms with Gasteiger partial charge < -0.3 is 5.11 Å². The van der Waals surface area contributed by atoms with Gasteiger partial charge in [-0.05, 0) is 38.1 Å². The summed E-state index contributed by atoms with van der Waals surface area (Å²) in [7, 11) is -3.71. The van der Waals surface area contributed by atoms with Crippen molar-refractivity contribution in [3.05, 3.63) is 59.7 Å². The maximum atomic E-state index is 12.1. The summed E-state index contributed by atoms with van der Waals surface area (Å²) in [6.45, 7) is 3.50. The minimum Gasteiger partial charge on any atom is -0.507 e. The minimum atomic E-state index is -3.71. The third-order valence-electron chi connectivity index (χ3n) is 2.96. The van der Waals surface area contributed by atoms with Crippen LogP contribution in [0.3, 0.4) is 0 Å². The van der Waals surface area contributed by atoms with Crippen LogP contribution in [0.25, 0.3) is 0 Å². The number of rotatable bonds is 4. The van der Waals surface area contributed by atoms with Gasteiger partial charge in [0.05, 0.1) is 10.6 Å². The van der Waals surface area contributed by atoms with Gasteiger partial charge in [-0.1, -0.05) is 29.8 Å². The van der Waals surface area contributed by atoms with Crippen molar-refractivity contribution >= 4 is 15.7 Å². The molecule has 0 aliphatic rings. The highest BCUT2D eigenvalue weighted by Crippen LogP contribution is 2.16. The quantitative estimate of drug-likeness (QED) is 0.672. The highest BCUT2D eigenvalue weighted by molar-refractivity contribution is 7.89. The van der Waals surface area contributed by atoms with Crippen LogP contribution >= 0.6 is 0 Å². The lowest BCUT2D eigenvalue weighted by molar-refractivity contribution is 0.474. The van der Waals surface area contributed by atoms with Gasteiger partial charge in [-0.25, -0.2) is 0 Å². The van der Waals surface area contributed by atoms with E-state index in [1.165, 1.54) is 18.2 Å². The van der Waals surface area contributed by atoms with Crippen molar-refractivity contribution in [2.45, 2.75) is 18.7 Å². The Bertz CT molecular complexity index is 766. The van der Waals surface area contributed by atoms with E-state index in [2.05, 4.69) is 9.93 Å². The Balaban J connectivity index is 2.23. The van der Waals surface area contributed by atoms with Crippen molar-refractivity contribution in [2.75, 3.05) is 0 Å². The second kappa shape index (κ2) is 5.97. The van der Waals surface area contributed by atoms with Crippen LogP contribution in [0.4, 0.5) is 0 Å². The molecule has 0 aromatic heterocycles. The molecular weight excluding hydrogens is 288 g/mol. The summed E-state index contributed by atoms with van der Waals surface area (Å²) in [6, 6.07) is 13.1. The van der Waals surface area contributed by atoms with Crippen LogP contribution in [0.15, 0.2) is 58.5 Å². The maximum Gasteiger partial charge on any atom is 0.276 e. The average molecular weight is 304 g/mol. The van der Waals surface area contributed by atoms with E-state index >= 15 is 0 Å². The Morgan fingerprint density at radius 3 is 2.33 bits per heavy atom. The predicted octanol–water partition coefficient (Wildman–Crippen LogP) is 2.40.